The highest BCUT2D eigenvalue weighted by Gasteiger charge is 2.23. The Morgan fingerprint density at radius 1 is 1.28 bits per heavy atom. The molecule has 1 heterocycles. The van der Waals surface area contributed by atoms with Crippen molar-refractivity contribution < 1.29 is 4.74 Å². The molecule has 0 spiro atoms. The van der Waals surface area contributed by atoms with E-state index in [-0.39, 0.29) is 0 Å². The summed E-state index contributed by atoms with van der Waals surface area (Å²) in [5.74, 6) is 1.01. The topological polar surface area (TPSA) is 15.7 Å². The predicted octanol–water partition coefficient (Wildman–Crippen LogP) is 2.31. The van der Waals surface area contributed by atoms with Crippen LogP contribution in [0.5, 0.6) is 5.75 Å². The number of hydrogen-bond acceptors (Lipinski definition) is 3. The average Bonchev–Trinajstić information content (AvgIpc) is 2.35. The van der Waals surface area contributed by atoms with Crippen molar-refractivity contribution in [1.29, 1.82) is 0 Å². The molecule has 0 aromatic heterocycles. The Kier molecular flexibility index (Phi) is 4.25. The molecule has 3 nitrogen and oxygen atoms in total. The maximum atomic E-state index is 5.60. The molecular formula is C15H24N2O. The molecule has 0 saturated carbocycles. The number of rotatable bonds is 3. The van der Waals surface area contributed by atoms with Crippen LogP contribution in [0.2, 0.25) is 0 Å². The lowest BCUT2D eigenvalue weighted by atomic mass is 10.0. The summed E-state index contributed by atoms with van der Waals surface area (Å²) in [6.45, 7) is 8.27. The molecule has 100 valence electrons. The van der Waals surface area contributed by atoms with Crippen LogP contribution in [-0.2, 0) is 0 Å². The van der Waals surface area contributed by atoms with Gasteiger partial charge in [0.15, 0.2) is 0 Å². The lowest BCUT2D eigenvalue weighted by Gasteiger charge is -2.38. The minimum atomic E-state index is 0.498. The van der Waals surface area contributed by atoms with Gasteiger partial charge in [0, 0.05) is 25.7 Å². The van der Waals surface area contributed by atoms with Crippen LogP contribution in [0, 0.1) is 6.92 Å². The molecule has 1 aromatic rings. The minimum absolute atomic E-state index is 0.498. The van der Waals surface area contributed by atoms with Crippen molar-refractivity contribution in [3.63, 3.8) is 0 Å². The van der Waals surface area contributed by atoms with Gasteiger partial charge in [0.2, 0.25) is 0 Å². The molecule has 0 amide bonds. The summed E-state index contributed by atoms with van der Waals surface area (Å²) in [6.07, 6.45) is 0. The fraction of sp³-hybridized carbons (Fsp3) is 0.600. The number of ether oxygens (including phenoxy) is 1. The quantitative estimate of drug-likeness (QED) is 0.816. The van der Waals surface area contributed by atoms with Gasteiger partial charge in [0.1, 0.15) is 5.75 Å². The zero-order valence-electron chi connectivity index (χ0n) is 11.9. The van der Waals surface area contributed by atoms with Crippen molar-refractivity contribution in [2.45, 2.75) is 19.9 Å². The molecule has 0 radical (unpaired) electrons. The van der Waals surface area contributed by atoms with E-state index in [1.54, 1.807) is 0 Å². The number of likely N-dealkylation sites (N-methyl/N-ethyl adjacent to an activating group) is 2. The molecule has 0 bridgehead atoms. The largest absolute Gasteiger partial charge is 0.494 e. The van der Waals surface area contributed by atoms with Gasteiger partial charge in [-0.1, -0.05) is 12.1 Å². The van der Waals surface area contributed by atoms with Gasteiger partial charge in [0.25, 0.3) is 0 Å². The van der Waals surface area contributed by atoms with Gasteiger partial charge >= 0.3 is 0 Å². The number of aryl methyl sites for hydroxylation is 1. The zero-order chi connectivity index (χ0) is 13.1. The van der Waals surface area contributed by atoms with Crippen LogP contribution in [0.4, 0.5) is 0 Å². The molecule has 1 atom stereocenters. The third-order valence-electron chi connectivity index (χ3n) is 3.73. The summed E-state index contributed by atoms with van der Waals surface area (Å²) in [4.78, 5) is 4.84. The molecule has 3 heteroatoms. The maximum absolute atomic E-state index is 5.60. The van der Waals surface area contributed by atoms with E-state index in [0.717, 1.165) is 32.0 Å². The van der Waals surface area contributed by atoms with E-state index in [1.165, 1.54) is 11.1 Å². The second kappa shape index (κ2) is 5.72. The normalized spacial score (nSPS) is 22.1. The highest BCUT2D eigenvalue weighted by molar-refractivity contribution is 5.37. The van der Waals surface area contributed by atoms with E-state index in [0.29, 0.717) is 6.04 Å². The van der Waals surface area contributed by atoms with Crippen LogP contribution >= 0.6 is 0 Å². The van der Waals surface area contributed by atoms with E-state index in [4.69, 9.17) is 4.74 Å². The van der Waals surface area contributed by atoms with Gasteiger partial charge in [0.05, 0.1) is 6.61 Å². The van der Waals surface area contributed by atoms with E-state index in [9.17, 15) is 0 Å². The highest BCUT2D eigenvalue weighted by Crippen LogP contribution is 2.27. The summed E-state index contributed by atoms with van der Waals surface area (Å²) in [5, 5.41) is 0. The van der Waals surface area contributed by atoms with Crippen LogP contribution in [-0.4, -0.2) is 50.1 Å². The first-order chi connectivity index (χ1) is 8.61. The van der Waals surface area contributed by atoms with Crippen molar-refractivity contribution in [2.24, 2.45) is 0 Å². The third kappa shape index (κ3) is 2.85. The van der Waals surface area contributed by atoms with Crippen LogP contribution in [0.1, 0.15) is 24.1 Å². The van der Waals surface area contributed by atoms with E-state index >= 15 is 0 Å². The fourth-order valence-electron chi connectivity index (χ4n) is 2.57. The Morgan fingerprint density at radius 3 is 2.72 bits per heavy atom. The Labute approximate surface area is 110 Å². The lowest BCUT2D eigenvalue weighted by Crippen LogP contribution is -2.44. The molecule has 1 fully saturated rings. The van der Waals surface area contributed by atoms with Crippen LogP contribution in [0.25, 0.3) is 0 Å². The molecule has 18 heavy (non-hydrogen) atoms. The lowest BCUT2D eigenvalue weighted by molar-refractivity contribution is 0.115. The van der Waals surface area contributed by atoms with E-state index in [1.807, 2.05) is 6.92 Å². The number of hydrogen-bond donors (Lipinski definition) is 0. The second-order valence-corrected chi connectivity index (χ2v) is 5.22. The molecule has 0 aliphatic carbocycles. The zero-order valence-corrected chi connectivity index (χ0v) is 11.9. The molecular weight excluding hydrogens is 224 g/mol. The second-order valence-electron chi connectivity index (χ2n) is 5.22. The standard InChI is InChI=1S/C15H24N2O/c1-5-18-15-7-6-13(10-12(15)2)14-11-16(3)8-9-17(14)4/h6-7,10,14H,5,8-9,11H2,1-4H3. The van der Waals surface area contributed by atoms with E-state index < -0.39 is 0 Å². The Morgan fingerprint density at radius 2 is 2.06 bits per heavy atom. The summed E-state index contributed by atoms with van der Waals surface area (Å²) in [6, 6.07) is 7.08. The smallest absolute Gasteiger partial charge is 0.122 e. The first kappa shape index (κ1) is 13.4. The summed E-state index contributed by atoms with van der Waals surface area (Å²) in [7, 11) is 4.41. The maximum Gasteiger partial charge on any atom is 0.122 e. The van der Waals surface area contributed by atoms with Gasteiger partial charge in [-0.05, 0) is 45.1 Å². The SMILES string of the molecule is CCOc1ccc(C2CN(C)CCN2C)cc1C. The molecule has 1 saturated heterocycles. The molecule has 1 aliphatic rings. The van der Waals surface area contributed by atoms with Crippen molar-refractivity contribution >= 4 is 0 Å². The number of benzene rings is 1. The first-order valence-electron chi connectivity index (χ1n) is 6.74. The average molecular weight is 248 g/mol. The van der Waals surface area contributed by atoms with Crippen molar-refractivity contribution in [3.8, 4) is 5.75 Å². The van der Waals surface area contributed by atoms with E-state index in [2.05, 4.69) is 49.0 Å². The highest BCUT2D eigenvalue weighted by atomic mass is 16.5. The predicted molar refractivity (Wildman–Crippen MR) is 75.2 cm³/mol. The summed E-state index contributed by atoms with van der Waals surface area (Å²) >= 11 is 0. The van der Waals surface area contributed by atoms with Crippen molar-refractivity contribution in [2.75, 3.05) is 40.3 Å². The van der Waals surface area contributed by atoms with Crippen molar-refractivity contribution in [3.05, 3.63) is 29.3 Å². The van der Waals surface area contributed by atoms with Crippen LogP contribution in [0.15, 0.2) is 18.2 Å². The fourth-order valence-corrected chi connectivity index (χ4v) is 2.57. The summed E-state index contributed by atoms with van der Waals surface area (Å²) < 4.78 is 5.60. The number of piperazine rings is 1. The van der Waals surface area contributed by atoms with Crippen LogP contribution < -0.4 is 4.74 Å². The Balaban J connectivity index is 2.19. The van der Waals surface area contributed by atoms with Gasteiger partial charge in [-0.3, -0.25) is 4.90 Å². The molecule has 0 N–H and O–H groups in total. The van der Waals surface area contributed by atoms with Crippen molar-refractivity contribution in [1.82, 2.24) is 9.80 Å². The van der Waals surface area contributed by atoms with Crippen LogP contribution in [0.3, 0.4) is 0 Å². The minimum Gasteiger partial charge on any atom is -0.494 e. The summed E-state index contributed by atoms with van der Waals surface area (Å²) in [5.41, 5.74) is 2.63. The van der Waals surface area contributed by atoms with Gasteiger partial charge in [-0.25, -0.2) is 0 Å². The molecule has 1 unspecified atom stereocenters. The molecule has 1 aromatic carbocycles. The Hall–Kier alpha value is -1.06. The Bertz CT molecular complexity index is 405. The van der Waals surface area contributed by atoms with Gasteiger partial charge < -0.3 is 9.64 Å². The number of nitrogens with zero attached hydrogens (tertiary/aromatic N) is 2. The van der Waals surface area contributed by atoms with Gasteiger partial charge in [-0.2, -0.15) is 0 Å². The monoisotopic (exact) mass is 248 g/mol. The molecule has 1 aliphatic heterocycles. The molecule has 2 rings (SSSR count). The van der Waals surface area contributed by atoms with Gasteiger partial charge in [-0.15, -0.1) is 0 Å². The first-order valence-corrected chi connectivity index (χ1v) is 6.74. The third-order valence-corrected chi connectivity index (χ3v) is 3.73.